The standard InChI is InChI=1S/C20H23N3OS/c1-13-6-7-14(2)16(9-13)17-11-25-19-18(17)20(24)23(12-21-19)15-5-4-8-22(3)10-15/h6-7,9,11-12,15H,4-5,8,10H2,1-3H3/t15-/m1/s1. The van der Waals surface area contributed by atoms with Gasteiger partial charge in [0.1, 0.15) is 4.83 Å². The van der Waals surface area contributed by atoms with Crippen LogP contribution < -0.4 is 5.56 Å². The highest BCUT2D eigenvalue weighted by Gasteiger charge is 2.22. The third-order valence-electron chi connectivity index (χ3n) is 5.20. The van der Waals surface area contributed by atoms with E-state index in [4.69, 9.17) is 0 Å². The molecule has 3 aromatic rings. The van der Waals surface area contributed by atoms with Crippen LogP contribution in [-0.4, -0.2) is 34.6 Å². The van der Waals surface area contributed by atoms with Crippen LogP contribution in [0.3, 0.4) is 0 Å². The summed E-state index contributed by atoms with van der Waals surface area (Å²) in [6.07, 6.45) is 3.91. The summed E-state index contributed by atoms with van der Waals surface area (Å²) >= 11 is 1.56. The molecule has 0 radical (unpaired) electrons. The zero-order valence-corrected chi connectivity index (χ0v) is 15.8. The van der Waals surface area contributed by atoms with Crippen molar-refractivity contribution in [3.05, 3.63) is 51.4 Å². The summed E-state index contributed by atoms with van der Waals surface area (Å²) in [5.74, 6) is 0. The fraction of sp³-hybridized carbons (Fsp3) is 0.400. The molecule has 4 rings (SSSR count). The smallest absolute Gasteiger partial charge is 0.263 e. The molecule has 0 saturated carbocycles. The van der Waals surface area contributed by atoms with Crippen molar-refractivity contribution in [1.82, 2.24) is 14.5 Å². The Hall–Kier alpha value is -1.98. The maximum atomic E-state index is 13.3. The molecule has 1 aliphatic heterocycles. The van der Waals surface area contributed by atoms with Crippen molar-refractivity contribution in [2.45, 2.75) is 32.7 Å². The van der Waals surface area contributed by atoms with Gasteiger partial charge in [0, 0.05) is 17.5 Å². The molecule has 3 heterocycles. The molecule has 5 heteroatoms. The van der Waals surface area contributed by atoms with E-state index in [1.165, 1.54) is 11.1 Å². The van der Waals surface area contributed by atoms with E-state index in [9.17, 15) is 4.79 Å². The second-order valence-corrected chi connectivity index (χ2v) is 8.02. The van der Waals surface area contributed by atoms with Crippen molar-refractivity contribution in [3.63, 3.8) is 0 Å². The fourth-order valence-corrected chi connectivity index (χ4v) is 4.69. The molecular weight excluding hydrogens is 330 g/mol. The molecular formula is C20H23N3OS. The van der Waals surface area contributed by atoms with Crippen LogP contribution in [0.5, 0.6) is 0 Å². The normalized spacial score (nSPS) is 18.8. The summed E-state index contributed by atoms with van der Waals surface area (Å²) in [6.45, 7) is 6.21. The summed E-state index contributed by atoms with van der Waals surface area (Å²) in [6, 6.07) is 6.62. The average Bonchev–Trinajstić information content (AvgIpc) is 3.02. The van der Waals surface area contributed by atoms with E-state index < -0.39 is 0 Å². The molecule has 1 fully saturated rings. The Balaban J connectivity index is 1.89. The first-order valence-electron chi connectivity index (χ1n) is 8.79. The van der Waals surface area contributed by atoms with E-state index in [1.807, 2.05) is 4.57 Å². The fourth-order valence-electron chi connectivity index (χ4n) is 3.80. The quantitative estimate of drug-likeness (QED) is 0.699. The molecule has 0 unspecified atom stereocenters. The van der Waals surface area contributed by atoms with Gasteiger partial charge in [0.15, 0.2) is 0 Å². The van der Waals surface area contributed by atoms with Crippen LogP contribution in [0.2, 0.25) is 0 Å². The van der Waals surface area contributed by atoms with Gasteiger partial charge in [-0.15, -0.1) is 11.3 Å². The average molecular weight is 353 g/mol. The van der Waals surface area contributed by atoms with Crippen LogP contribution >= 0.6 is 11.3 Å². The lowest BCUT2D eigenvalue weighted by Crippen LogP contribution is -2.37. The largest absolute Gasteiger partial charge is 0.304 e. The van der Waals surface area contributed by atoms with Crippen molar-refractivity contribution < 1.29 is 0 Å². The minimum absolute atomic E-state index is 0.0995. The Kier molecular flexibility index (Phi) is 4.21. The van der Waals surface area contributed by atoms with Crippen LogP contribution in [0.15, 0.2) is 34.7 Å². The number of rotatable bonds is 2. The Morgan fingerprint density at radius 3 is 2.88 bits per heavy atom. The molecule has 0 N–H and O–H groups in total. The number of aryl methyl sites for hydroxylation is 2. The number of thiophene rings is 1. The van der Waals surface area contributed by atoms with Gasteiger partial charge in [-0.3, -0.25) is 9.36 Å². The van der Waals surface area contributed by atoms with Crippen molar-refractivity contribution in [1.29, 1.82) is 0 Å². The predicted octanol–water partition coefficient (Wildman–Crippen LogP) is 4.01. The topological polar surface area (TPSA) is 38.1 Å². The van der Waals surface area contributed by atoms with Gasteiger partial charge >= 0.3 is 0 Å². The maximum Gasteiger partial charge on any atom is 0.263 e. The molecule has 0 aliphatic carbocycles. The second kappa shape index (κ2) is 6.39. The number of likely N-dealkylation sites (tertiary alicyclic amines) is 1. The Bertz CT molecular complexity index is 988. The molecule has 4 nitrogen and oxygen atoms in total. The zero-order valence-electron chi connectivity index (χ0n) is 15.0. The Labute approximate surface area is 151 Å². The first-order valence-corrected chi connectivity index (χ1v) is 9.67. The van der Waals surface area contributed by atoms with Gasteiger partial charge in [-0.2, -0.15) is 0 Å². The number of likely N-dealkylation sites (N-methyl/N-ethyl adjacent to an activating group) is 1. The van der Waals surface area contributed by atoms with Crippen LogP contribution in [0, 0.1) is 13.8 Å². The maximum absolute atomic E-state index is 13.3. The van der Waals surface area contributed by atoms with Gasteiger partial charge in [-0.1, -0.05) is 23.8 Å². The zero-order chi connectivity index (χ0) is 17.6. The molecule has 0 spiro atoms. The highest BCUT2D eigenvalue weighted by molar-refractivity contribution is 7.17. The molecule has 2 aromatic heterocycles. The van der Waals surface area contributed by atoms with Crippen molar-refractivity contribution in [3.8, 4) is 11.1 Å². The van der Waals surface area contributed by atoms with E-state index in [0.717, 1.165) is 47.3 Å². The molecule has 130 valence electrons. The highest BCUT2D eigenvalue weighted by atomic mass is 32.1. The van der Waals surface area contributed by atoms with Gasteiger partial charge in [0.2, 0.25) is 0 Å². The molecule has 0 bridgehead atoms. The summed E-state index contributed by atoms with van der Waals surface area (Å²) in [5, 5.41) is 2.85. The number of hydrogen-bond donors (Lipinski definition) is 0. The third kappa shape index (κ3) is 2.92. The van der Waals surface area contributed by atoms with E-state index >= 15 is 0 Å². The number of aromatic nitrogens is 2. The van der Waals surface area contributed by atoms with Crippen molar-refractivity contribution in [2.75, 3.05) is 20.1 Å². The van der Waals surface area contributed by atoms with Crippen LogP contribution in [0.4, 0.5) is 0 Å². The van der Waals surface area contributed by atoms with Crippen LogP contribution in [-0.2, 0) is 0 Å². The molecule has 1 atom stereocenters. The van der Waals surface area contributed by atoms with Crippen molar-refractivity contribution >= 4 is 21.6 Å². The molecule has 1 aromatic carbocycles. The van der Waals surface area contributed by atoms with E-state index in [0.29, 0.717) is 0 Å². The first-order chi connectivity index (χ1) is 12.0. The van der Waals surface area contributed by atoms with E-state index in [-0.39, 0.29) is 11.6 Å². The summed E-state index contributed by atoms with van der Waals surface area (Å²) in [7, 11) is 2.12. The molecule has 1 saturated heterocycles. The van der Waals surface area contributed by atoms with Crippen LogP contribution in [0.25, 0.3) is 21.3 Å². The van der Waals surface area contributed by atoms with Crippen molar-refractivity contribution in [2.24, 2.45) is 0 Å². The third-order valence-corrected chi connectivity index (χ3v) is 6.08. The second-order valence-electron chi connectivity index (χ2n) is 7.16. The van der Waals surface area contributed by atoms with E-state index in [1.54, 1.807) is 17.7 Å². The number of nitrogens with zero attached hydrogens (tertiary/aromatic N) is 3. The summed E-state index contributed by atoms with van der Waals surface area (Å²) < 4.78 is 1.86. The molecule has 1 aliphatic rings. The lowest BCUT2D eigenvalue weighted by Gasteiger charge is -2.30. The van der Waals surface area contributed by atoms with Gasteiger partial charge in [0.05, 0.1) is 17.8 Å². The summed E-state index contributed by atoms with van der Waals surface area (Å²) in [4.78, 5) is 21.0. The lowest BCUT2D eigenvalue weighted by molar-refractivity contribution is 0.209. The van der Waals surface area contributed by atoms with Gasteiger partial charge in [-0.25, -0.2) is 4.98 Å². The number of fused-ring (bicyclic) bond motifs is 1. The minimum atomic E-state index is 0.0995. The monoisotopic (exact) mass is 353 g/mol. The van der Waals surface area contributed by atoms with Gasteiger partial charge in [-0.05, 0) is 51.4 Å². The first kappa shape index (κ1) is 16.5. The minimum Gasteiger partial charge on any atom is -0.304 e. The summed E-state index contributed by atoms with van der Waals surface area (Å²) in [5.41, 5.74) is 4.67. The molecule has 0 amide bonds. The SMILES string of the molecule is Cc1ccc(C)c(-c2csc3ncn([C@@H]4CCCN(C)C4)c(=O)c23)c1. The van der Waals surface area contributed by atoms with Gasteiger partial charge < -0.3 is 4.90 Å². The molecule has 25 heavy (non-hydrogen) atoms. The highest BCUT2D eigenvalue weighted by Crippen LogP contribution is 2.33. The van der Waals surface area contributed by atoms with Gasteiger partial charge in [0.25, 0.3) is 5.56 Å². The lowest BCUT2D eigenvalue weighted by atomic mass is 9.99. The number of hydrogen-bond acceptors (Lipinski definition) is 4. The predicted molar refractivity (Wildman–Crippen MR) is 105 cm³/mol. The Morgan fingerprint density at radius 1 is 1.24 bits per heavy atom. The van der Waals surface area contributed by atoms with Crippen LogP contribution in [0.1, 0.15) is 30.0 Å². The Morgan fingerprint density at radius 2 is 2.08 bits per heavy atom. The van der Waals surface area contributed by atoms with E-state index in [2.05, 4.69) is 54.4 Å². The number of piperidine rings is 1. The number of benzene rings is 1.